The van der Waals surface area contributed by atoms with Gasteiger partial charge in [-0.2, -0.15) is 0 Å². The lowest BCUT2D eigenvalue weighted by Crippen LogP contribution is -2.37. The molecule has 7 heteroatoms. The standard InChI is InChI=1S/C17H16F2N2O3/c1-11(22)21(17-14(18)7-4-8-15(17)19)10-16(23)20-12-5-3-6-13(9-12)24-2/h3-9H,10H2,1-2H3,(H,20,23). The van der Waals surface area contributed by atoms with E-state index >= 15 is 0 Å². The van der Waals surface area contributed by atoms with Crippen LogP contribution in [-0.4, -0.2) is 25.5 Å². The van der Waals surface area contributed by atoms with E-state index in [1.165, 1.54) is 13.2 Å². The molecule has 0 fully saturated rings. The topological polar surface area (TPSA) is 58.6 Å². The molecule has 0 aliphatic heterocycles. The van der Waals surface area contributed by atoms with E-state index < -0.39 is 35.7 Å². The van der Waals surface area contributed by atoms with Crippen LogP contribution in [0.3, 0.4) is 0 Å². The minimum Gasteiger partial charge on any atom is -0.497 e. The number of anilines is 2. The van der Waals surface area contributed by atoms with Crippen molar-refractivity contribution in [3.63, 3.8) is 0 Å². The second-order valence-electron chi connectivity index (χ2n) is 4.96. The summed E-state index contributed by atoms with van der Waals surface area (Å²) in [6.07, 6.45) is 0. The summed E-state index contributed by atoms with van der Waals surface area (Å²) in [5.74, 6) is -2.55. The number of benzene rings is 2. The van der Waals surface area contributed by atoms with Gasteiger partial charge in [0.2, 0.25) is 11.8 Å². The smallest absolute Gasteiger partial charge is 0.244 e. The molecule has 2 aromatic rings. The third-order valence-electron chi connectivity index (χ3n) is 3.24. The van der Waals surface area contributed by atoms with Gasteiger partial charge >= 0.3 is 0 Å². The number of hydrogen-bond donors (Lipinski definition) is 1. The number of carbonyl (C=O) groups excluding carboxylic acids is 2. The molecule has 0 saturated carbocycles. The average Bonchev–Trinajstić information content (AvgIpc) is 2.53. The van der Waals surface area contributed by atoms with E-state index in [1.54, 1.807) is 24.3 Å². The number of methoxy groups -OCH3 is 1. The maximum absolute atomic E-state index is 13.9. The molecular formula is C17H16F2N2O3. The predicted octanol–water partition coefficient (Wildman–Crippen LogP) is 2.97. The molecule has 5 nitrogen and oxygen atoms in total. The zero-order valence-corrected chi connectivity index (χ0v) is 13.2. The minimum absolute atomic E-state index is 0.442. The molecule has 0 unspecified atom stereocenters. The van der Waals surface area contributed by atoms with Crippen LogP contribution in [0.25, 0.3) is 0 Å². The number of nitrogens with one attached hydrogen (secondary N) is 1. The molecule has 2 aromatic carbocycles. The van der Waals surface area contributed by atoms with Crippen molar-refractivity contribution < 1.29 is 23.1 Å². The van der Waals surface area contributed by atoms with Crippen LogP contribution < -0.4 is 15.0 Å². The highest BCUT2D eigenvalue weighted by Gasteiger charge is 2.22. The first-order chi connectivity index (χ1) is 11.4. The van der Waals surface area contributed by atoms with Crippen molar-refractivity contribution in [3.05, 3.63) is 54.1 Å². The number of para-hydroxylation sites is 1. The Kier molecular flexibility index (Phi) is 5.47. The van der Waals surface area contributed by atoms with E-state index in [0.29, 0.717) is 11.4 Å². The van der Waals surface area contributed by atoms with Gasteiger partial charge in [-0.1, -0.05) is 12.1 Å². The van der Waals surface area contributed by atoms with Crippen LogP contribution in [0.5, 0.6) is 5.75 Å². The summed E-state index contributed by atoms with van der Waals surface area (Å²) in [5, 5.41) is 2.55. The maximum Gasteiger partial charge on any atom is 0.244 e. The SMILES string of the molecule is COc1cccc(NC(=O)CN(C(C)=O)c2c(F)cccc2F)c1. The fourth-order valence-electron chi connectivity index (χ4n) is 2.14. The fraction of sp³-hybridized carbons (Fsp3) is 0.176. The minimum atomic E-state index is -0.917. The lowest BCUT2D eigenvalue weighted by molar-refractivity contribution is -0.120. The van der Waals surface area contributed by atoms with Crippen LogP contribution in [0.15, 0.2) is 42.5 Å². The van der Waals surface area contributed by atoms with Gasteiger partial charge < -0.3 is 10.1 Å². The summed E-state index contributed by atoms with van der Waals surface area (Å²) in [7, 11) is 1.49. The van der Waals surface area contributed by atoms with Crippen molar-refractivity contribution in [1.29, 1.82) is 0 Å². The Balaban J connectivity index is 2.19. The number of hydrogen-bond acceptors (Lipinski definition) is 3. The quantitative estimate of drug-likeness (QED) is 0.914. The molecular weight excluding hydrogens is 318 g/mol. The Morgan fingerprint density at radius 3 is 2.33 bits per heavy atom. The van der Waals surface area contributed by atoms with Crippen LogP contribution in [0, 0.1) is 11.6 Å². The summed E-state index contributed by atoms with van der Waals surface area (Å²) in [6.45, 7) is 0.606. The number of carbonyl (C=O) groups is 2. The van der Waals surface area contributed by atoms with Crippen LogP contribution >= 0.6 is 0 Å². The number of rotatable bonds is 5. The zero-order chi connectivity index (χ0) is 17.7. The van der Waals surface area contributed by atoms with Gasteiger partial charge in [-0.25, -0.2) is 8.78 Å². The van der Waals surface area contributed by atoms with Crippen LogP contribution in [0.2, 0.25) is 0 Å². The van der Waals surface area contributed by atoms with Gasteiger partial charge in [0.1, 0.15) is 29.6 Å². The predicted molar refractivity (Wildman–Crippen MR) is 86.0 cm³/mol. The van der Waals surface area contributed by atoms with Gasteiger partial charge in [0, 0.05) is 18.7 Å². The molecule has 126 valence electrons. The summed E-state index contributed by atoms with van der Waals surface area (Å²) < 4.78 is 32.8. The monoisotopic (exact) mass is 334 g/mol. The Morgan fingerprint density at radius 1 is 1.12 bits per heavy atom. The van der Waals surface area contributed by atoms with Crippen molar-refractivity contribution in [2.24, 2.45) is 0 Å². The Hall–Kier alpha value is -2.96. The summed E-state index contributed by atoms with van der Waals surface area (Å²) in [4.78, 5) is 24.6. The first kappa shape index (κ1) is 17.4. The molecule has 0 aromatic heterocycles. The van der Waals surface area contributed by atoms with Gasteiger partial charge in [0.25, 0.3) is 0 Å². The van der Waals surface area contributed by atoms with Gasteiger partial charge in [-0.05, 0) is 24.3 Å². The Bertz CT molecular complexity index is 745. The van der Waals surface area contributed by atoms with Crippen molar-refractivity contribution in [1.82, 2.24) is 0 Å². The Labute approximate surface area is 137 Å². The molecule has 24 heavy (non-hydrogen) atoms. The van der Waals surface area contributed by atoms with E-state index in [0.717, 1.165) is 24.0 Å². The normalized spacial score (nSPS) is 10.2. The van der Waals surface area contributed by atoms with Crippen molar-refractivity contribution >= 4 is 23.2 Å². The van der Waals surface area contributed by atoms with Crippen molar-refractivity contribution in [2.75, 3.05) is 23.9 Å². The molecule has 0 aliphatic rings. The second-order valence-corrected chi connectivity index (χ2v) is 4.96. The second kappa shape index (κ2) is 7.54. The average molecular weight is 334 g/mol. The highest BCUT2D eigenvalue weighted by Crippen LogP contribution is 2.23. The maximum atomic E-state index is 13.9. The van der Waals surface area contributed by atoms with E-state index in [2.05, 4.69) is 5.32 Å². The summed E-state index contributed by atoms with van der Waals surface area (Å²) >= 11 is 0. The van der Waals surface area contributed by atoms with E-state index in [4.69, 9.17) is 4.74 Å². The molecule has 0 bridgehead atoms. The highest BCUT2D eigenvalue weighted by atomic mass is 19.1. The summed E-state index contributed by atoms with van der Waals surface area (Å²) in [6, 6.07) is 9.81. The molecule has 0 radical (unpaired) electrons. The Morgan fingerprint density at radius 2 is 1.75 bits per heavy atom. The molecule has 0 saturated heterocycles. The molecule has 2 amide bonds. The lowest BCUT2D eigenvalue weighted by atomic mass is 10.2. The number of nitrogens with zero attached hydrogens (tertiary/aromatic N) is 1. The first-order valence-electron chi connectivity index (χ1n) is 7.08. The van der Waals surface area contributed by atoms with Gasteiger partial charge in [-0.3, -0.25) is 14.5 Å². The zero-order valence-electron chi connectivity index (χ0n) is 13.2. The fourth-order valence-corrected chi connectivity index (χ4v) is 2.14. The first-order valence-corrected chi connectivity index (χ1v) is 7.08. The highest BCUT2D eigenvalue weighted by molar-refractivity contribution is 6.02. The van der Waals surface area contributed by atoms with Crippen molar-refractivity contribution in [2.45, 2.75) is 6.92 Å². The molecule has 2 rings (SSSR count). The van der Waals surface area contributed by atoms with Crippen LogP contribution in [-0.2, 0) is 9.59 Å². The van der Waals surface area contributed by atoms with Gasteiger partial charge in [-0.15, -0.1) is 0 Å². The molecule has 0 atom stereocenters. The number of halogens is 2. The van der Waals surface area contributed by atoms with Crippen LogP contribution in [0.1, 0.15) is 6.92 Å². The summed E-state index contributed by atoms with van der Waals surface area (Å²) in [5.41, 5.74) is -0.109. The largest absolute Gasteiger partial charge is 0.497 e. The van der Waals surface area contributed by atoms with Gasteiger partial charge in [0.15, 0.2) is 0 Å². The van der Waals surface area contributed by atoms with Gasteiger partial charge in [0.05, 0.1) is 7.11 Å². The van der Waals surface area contributed by atoms with E-state index in [-0.39, 0.29) is 0 Å². The molecule has 0 spiro atoms. The molecule has 0 aliphatic carbocycles. The third-order valence-corrected chi connectivity index (χ3v) is 3.24. The lowest BCUT2D eigenvalue weighted by Gasteiger charge is -2.21. The number of ether oxygens (including phenoxy) is 1. The number of amides is 2. The van der Waals surface area contributed by atoms with Crippen molar-refractivity contribution in [3.8, 4) is 5.75 Å². The van der Waals surface area contributed by atoms with E-state index in [1.807, 2.05) is 0 Å². The van der Waals surface area contributed by atoms with Crippen LogP contribution in [0.4, 0.5) is 20.2 Å². The molecule has 1 N–H and O–H groups in total. The third kappa shape index (κ3) is 4.07. The molecule has 0 heterocycles. The van der Waals surface area contributed by atoms with E-state index in [9.17, 15) is 18.4 Å².